The first-order valence-corrected chi connectivity index (χ1v) is 9.10. The molecular formula is C20H32O2. The van der Waals surface area contributed by atoms with Gasteiger partial charge in [0.05, 0.1) is 5.60 Å². The van der Waals surface area contributed by atoms with E-state index >= 15 is 0 Å². The lowest BCUT2D eigenvalue weighted by atomic mass is 9.58. The molecule has 0 aromatic carbocycles. The van der Waals surface area contributed by atoms with Gasteiger partial charge in [0.2, 0.25) is 0 Å². The van der Waals surface area contributed by atoms with E-state index in [1.807, 2.05) is 6.92 Å². The van der Waals surface area contributed by atoms with E-state index in [1.54, 1.807) is 0 Å². The standard InChI is InChI=1S/C20H32O2/c1-14-12-20(13-15(14)6-7-17(20)21)11-8-16-18(2,3)9-5-10-19(16,4)22/h15-16,22H,1,5-13H2,2-4H3. The molecule has 3 rings (SSSR count). The third-order valence-electron chi connectivity index (χ3n) is 7.20. The number of allylic oxidation sites excluding steroid dienone is 1. The van der Waals surface area contributed by atoms with E-state index in [9.17, 15) is 9.90 Å². The Morgan fingerprint density at radius 1 is 1.27 bits per heavy atom. The maximum absolute atomic E-state index is 12.6. The van der Waals surface area contributed by atoms with E-state index in [4.69, 9.17) is 0 Å². The molecule has 0 spiro atoms. The molecule has 2 bridgehead atoms. The third kappa shape index (κ3) is 2.58. The lowest BCUT2D eigenvalue weighted by Crippen LogP contribution is -2.47. The second-order valence-electron chi connectivity index (χ2n) is 9.27. The molecule has 3 fully saturated rings. The van der Waals surface area contributed by atoms with E-state index in [2.05, 4.69) is 20.4 Å². The van der Waals surface area contributed by atoms with Gasteiger partial charge in [0.15, 0.2) is 0 Å². The maximum Gasteiger partial charge on any atom is 0.139 e. The quantitative estimate of drug-likeness (QED) is 0.770. The van der Waals surface area contributed by atoms with Crippen molar-refractivity contribution in [1.82, 2.24) is 0 Å². The Labute approximate surface area is 135 Å². The summed E-state index contributed by atoms with van der Waals surface area (Å²) in [5.74, 6) is 1.35. The molecule has 0 saturated heterocycles. The molecule has 3 saturated carbocycles. The van der Waals surface area contributed by atoms with Gasteiger partial charge in [0, 0.05) is 11.8 Å². The summed E-state index contributed by atoms with van der Waals surface area (Å²) in [4.78, 5) is 12.6. The molecule has 22 heavy (non-hydrogen) atoms. The highest BCUT2D eigenvalue weighted by molar-refractivity contribution is 5.87. The fourth-order valence-corrected chi connectivity index (χ4v) is 5.90. The van der Waals surface area contributed by atoms with E-state index in [0.29, 0.717) is 17.6 Å². The SMILES string of the molecule is C=C1CC2(CCC3C(C)(C)CCCC3(C)O)CC1CCC2=O. The van der Waals surface area contributed by atoms with Gasteiger partial charge in [-0.2, -0.15) is 0 Å². The molecule has 3 aliphatic rings. The molecule has 2 heteroatoms. The normalized spacial score (nSPS) is 44.4. The summed E-state index contributed by atoms with van der Waals surface area (Å²) in [6, 6.07) is 0. The number of rotatable bonds is 3. The number of Topliss-reactive ketones (excluding diaryl/α,β-unsaturated/α-hetero) is 1. The van der Waals surface area contributed by atoms with Gasteiger partial charge in [-0.25, -0.2) is 0 Å². The highest BCUT2D eigenvalue weighted by atomic mass is 16.3. The van der Waals surface area contributed by atoms with Gasteiger partial charge in [0.1, 0.15) is 5.78 Å². The molecule has 0 radical (unpaired) electrons. The molecule has 3 aliphatic carbocycles. The van der Waals surface area contributed by atoms with Crippen LogP contribution in [-0.2, 0) is 4.79 Å². The number of fused-ring (bicyclic) bond motifs is 2. The van der Waals surface area contributed by atoms with Crippen molar-refractivity contribution in [3.8, 4) is 0 Å². The minimum Gasteiger partial charge on any atom is -0.390 e. The van der Waals surface area contributed by atoms with Crippen LogP contribution in [0.1, 0.15) is 78.6 Å². The van der Waals surface area contributed by atoms with Crippen molar-refractivity contribution in [2.75, 3.05) is 0 Å². The molecule has 0 aliphatic heterocycles. The van der Waals surface area contributed by atoms with Gasteiger partial charge in [-0.15, -0.1) is 0 Å². The van der Waals surface area contributed by atoms with E-state index in [-0.39, 0.29) is 10.8 Å². The van der Waals surface area contributed by atoms with Crippen molar-refractivity contribution >= 4 is 5.78 Å². The number of aliphatic hydroxyl groups is 1. The van der Waals surface area contributed by atoms with Crippen LogP contribution in [-0.4, -0.2) is 16.5 Å². The van der Waals surface area contributed by atoms with Gasteiger partial charge in [0.25, 0.3) is 0 Å². The Bertz CT molecular complexity index is 472. The Morgan fingerprint density at radius 3 is 2.68 bits per heavy atom. The second-order valence-corrected chi connectivity index (χ2v) is 9.27. The van der Waals surface area contributed by atoms with Crippen LogP contribution in [0.15, 0.2) is 12.2 Å². The van der Waals surface area contributed by atoms with E-state index < -0.39 is 5.60 Å². The highest BCUT2D eigenvalue weighted by Crippen LogP contribution is 2.56. The van der Waals surface area contributed by atoms with Crippen molar-refractivity contribution in [2.24, 2.45) is 22.7 Å². The van der Waals surface area contributed by atoms with Crippen molar-refractivity contribution in [3.63, 3.8) is 0 Å². The lowest BCUT2D eigenvalue weighted by molar-refractivity contribution is -0.133. The molecule has 1 N–H and O–H groups in total. The summed E-state index contributed by atoms with van der Waals surface area (Å²) in [7, 11) is 0. The topological polar surface area (TPSA) is 37.3 Å². The smallest absolute Gasteiger partial charge is 0.139 e. The molecule has 0 aromatic heterocycles. The predicted octanol–water partition coefficient (Wildman–Crippen LogP) is 4.66. The fraction of sp³-hybridized carbons (Fsp3) is 0.850. The number of carbonyl (C=O) groups is 1. The Balaban J connectivity index is 1.76. The Hall–Kier alpha value is -0.630. The van der Waals surface area contributed by atoms with Crippen LogP contribution >= 0.6 is 0 Å². The third-order valence-corrected chi connectivity index (χ3v) is 7.20. The zero-order chi connectivity index (χ0) is 16.2. The minimum absolute atomic E-state index is 0.135. The molecule has 4 unspecified atom stereocenters. The predicted molar refractivity (Wildman–Crippen MR) is 89.5 cm³/mol. The van der Waals surface area contributed by atoms with Crippen LogP contribution in [0.25, 0.3) is 0 Å². The summed E-state index contributed by atoms with van der Waals surface area (Å²) < 4.78 is 0. The minimum atomic E-state index is -0.578. The first kappa shape index (κ1) is 16.2. The molecule has 4 atom stereocenters. The molecule has 124 valence electrons. The average Bonchev–Trinajstić information content (AvgIpc) is 2.66. The van der Waals surface area contributed by atoms with Crippen LogP contribution < -0.4 is 0 Å². The highest BCUT2D eigenvalue weighted by Gasteiger charge is 2.52. The summed E-state index contributed by atoms with van der Waals surface area (Å²) in [5, 5.41) is 10.9. The van der Waals surface area contributed by atoms with Gasteiger partial charge in [-0.1, -0.05) is 32.4 Å². The van der Waals surface area contributed by atoms with Crippen molar-refractivity contribution < 1.29 is 9.90 Å². The van der Waals surface area contributed by atoms with Gasteiger partial charge in [-0.05, 0) is 69.1 Å². The largest absolute Gasteiger partial charge is 0.390 e. The molecule has 2 nitrogen and oxygen atoms in total. The Kier molecular flexibility index (Phi) is 3.83. The van der Waals surface area contributed by atoms with Crippen molar-refractivity contribution in [3.05, 3.63) is 12.2 Å². The molecule has 0 heterocycles. The lowest BCUT2D eigenvalue weighted by Gasteiger charge is -2.49. The van der Waals surface area contributed by atoms with Crippen LogP contribution in [0.4, 0.5) is 0 Å². The Morgan fingerprint density at radius 2 is 2.00 bits per heavy atom. The summed E-state index contributed by atoms with van der Waals surface area (Å²) in [6.45, 7) is 10.8. The monoisotopic (exact) mass is 304 g/mol. The van der Waals surface area contributed by atoms with Crippen LogP contribution in [0.3, 0.4) is 0 Å². The van der Waals surface area contributed by atoms with E-state index in [0.717, 1.165) is 51.4 Å². The summed E-state index contributed by atoms with van der Waals surface area (Å²) in [5.41, 5.74) is 0.764. The molecular weight excluding hydrogens is 272 g/mol. The zero-order valence-electron chi connectivity index (χ0n) is 14.6. The molecule has 0 amide bonds. The molecule has 0 aromatic rings. The van der Waals surface area contributed by atoms with Crippen LogP contribution in [0, 0.1) is 22.7 Å². The second kappa shape index (κ2) is 5.19. The number of hydrogen-bond donors (Lipinski definition) is 1. The first-order chi connectivity index (χ1) is 10.2. The van der Waals surface area contributed by atoms with Crippen LogP contribution in [0.5, 0.6) is 0 Å². The van der Waals surface area contributed by atoms with Gasteiger partial charge < -0.3 is 5.11 Å². The van der Waals surface area contributed by atoms with Crippen molar-refractivity contribution in [2.45, 2.75) is 84.2 Å². The van der Waals surface area contributed by atoms with Crippen molar-refractivity contribution in [1.29, 1.82) is 0 Å². The maximum atomic E-state index is 12.6. The summed E-state index contributed by atoms with van der Waals surface area (Å²) >= 11 is 0. The fourth-order valence-electron chi connectivity index (χ4n) is 5.90. The zero-order valence-corrected chi connectivity index (χ0v) is 14.6. The van der Waals surface area contributed by atoms with E-state index in [1.165, 1.54) is 12.0 Å². The van der Waals surface area contributed by atoms with Gasteiger partial charge in [-0.3, -0.25) is 4.79 Å². The summed E-state index contributed by atoms with van der Waals surface area (Å²) in [6.07, 6.45) is 8.82. The van der Waals surface area contributed by atoms with Crippen LogP contribution in [0.2, 0.25) is 0 Å². The first-order valence-electron chi connectivity index (χ1n) is 9.10. The average molecular weight is 304 g/mol. The number of hydrogen-bond acceptors (Lipinski definition) is 2. The number of ketones is 1. The van der Waals surface area contributed by atoms with Gasteiger partial charge >= 0.3 is 0 Å². The number of carbonyl (C=O) groups excluding carboxylic acids is 1.